The minimum absolute atomic E-state index is 0.0505. The second kappa shape index (κ2) is 5.13. The molecule has 0 aliphatic carbocycles. The summed E-state index contributed by atoms with van der Waals surface area (Å²) in [4.78, 5) is 19.5. The number of nitrogens with zero attached hydrogens (tertiary/aromatic N) is 5. The standard InChI is InChI=1S/C13H18N8/c1-7(10-11(14)16-5-4-15-10)21(3)13-9-6-17-20-12(9)18-8(2)19-13/h4-7,12,17,20H,1-3H3,(H2,14,16)/t7-,12?/m0/s1. The first kappa shape index (κ1) is 13.5. The third kappa shape index (κ3) is 2.33. The molecule has 0 amide bonds. The second-order valence-electron chi connectivity index (χ2n) is 5.02. The third-order valence-electron chi connectivity index (χ3n) is 3.65. The van der Waals surface area contributed by atoms with Crippen LogP contribution in [0.2, 0.25) is 0 Å². The molecule has 1 aromatic heterocycles. The van der Waals surface area contributed by atoms with Gasteiger partial charge in [-0.3, -0.25) is 4.98 Å². The fourth-order valence-corrected chi connectivity index (χ4v) is 2.41. The molecule has 0 aromatic carbocycles. The van der Waals surface area contributed by atoms with Crippen molar-refractivity contribution in [2.75, 3.05) is 12.8 Å². The molecule has 3 rings (SSSR count). The normalized spacial score (nSPS) is 21.7. The molecule has 0 radical (unpaired) electrons. The average Bonchev–Trinajstić information content (AvgIpc) is 2.93. The molecule has 2 atom stereocenters. The van der Waals surface area contributed by atoms with Gasteiger partial charge in [0.2, 0.25) is 0 Å². The van der Waals surface area contributed by atoms with Crippen molar-refractivity contribution in [3.05, 3.63) is 29.9 Å². The predicted molar refractivity (Wildman–Crippen MR) is 81.3 cm³/mol. The number of anilines is 1. The topological polar surface area (TPSA) is 104 Å². The number of aliphatic imine (C=N–C) groups is 2. The van der Waals surface area contributed by atoms with Crippen LogP contribution < -0.4 is 16.6 Å². The van der Waals surface area contributed by atoms with E-state index in [1.165, 1.54) is 0 Å². The van der Waals surface area contributed by atoms with E-state index in [1.54, 1.807) is 12.4 Å². The lowest BCUT2D eigenvalue weighted by molar-refractivity contribution is 0.392. The lowest BCUT2D eigenvalue weighted by Gasteiger charge is -2.31. The molecule has 1 aromatic rings. The Morgan fingerprint density at radius 3 is 2.86 bits per heavy atom. The van der Waals surface area contributed by atoms with E-state index in [0.29, 0.717) is 5.82 Å². The second-order valence-corrected chi connectivity index (χ2v) is 5.02. The van der Waals surface area contributed by atoms with Gasteiger partial charge < -0.3 is 16.1 Å². The van der Waals surface area contributed by atoms with Crippen LogP contribution in [-0.2, 0) is 0 Å². The van der Waals surface area contributed by atoms with Crippen LogP contribution in [0.4, 0.5) is 5.82 Å². The van der Waals surface area contributed by atoms with Crippen molar-refractivity contribution in [1.82, 2.24) is 25.7 Å². The van der Waals surface area contributed by atoms with Crippen LogP contribution in [0.5, 0.6) is 0 Å². The number of hydrogen-bond donors (Lipinski definition) is 3. The average molecular weight is 286 g/mol. The molecular formula is C13H18N8. The van der Waals surface area contributed by atoms with Gasteiger partial charge in [0.25, 0.3) is 0 Å². The number of nitrogens with two attached hydrogens (primary N) is 1. The van der Waals surface area contributed by atoms with E-state index in [2.05, 4.69) is 30.8 Å². The summed E-state index contributed by atoms with van der Waals surface area (Å²) < 4.78 is 0. The monoisotopic (exact) mass is 286 g/mol. The zero-order valence-electron chi connectivity index (χ0n) is 12.2. The van der Waals surface area contributed by atoms with Crippen LogP contribution in [0.3, 0.4) is 0 Å². The summed E-state index contributed by atoms with van der Waals surface area (Å²) in [6, 6.07) is -0.0505. The first-order chi connectivity index (χ1) is 10.1. The summed E-state index contributed by atoms with van der Waals surface area (Å²) in [6.07, 6.45) is 5.00. The summed E-state index contributed by atoms with van der Waals surface area (Å²) in [5.74, 6) is 2.02. The van der Waals surface area contributed by atoms with Gasteiger partial charge in [-0.05, 0) is 13.8 Å². The molecule has 2 aliphatic heterocycles. The number of nitrogens with one attached hydrogen (secondary N) is 2. The third-order valence-corrected chi connectivity index (χ3v) is 3.65. The molecule has 21 heavy (non-hydrogen) atoms. The number of nitrogen functional groups attached to an aromatic ring is 1. The lowest BCUT2D eigenvalue weighted by atomic mass is 10.1. The molecule has 8 nitrogen and oxygen atoms in total. The highest BCUT2D eigenvalue weighted by Gasteiger charge is 2.31. The summed E-state index contributed by atoms with van der Waals surface area (Å²) in [5.41, 5.74) is 13.7. The Kier molecular flexibility index (Phi) is 3.30. The highest BCUT2D eigenvalue weighted by molar-refractivity contribution is 6.08. The van der Waals surface area contributed by atoms with Gasteiger partial charge in [0, 0.05) is 25.6 Å². The van der Waals surface area contributed by atoms with E-state index >= 15 is 0 Å². The van der Waals surface area contributed by atoms with Crippen LogP contribution in [0.25, 0.3) is 0 Å². The van der Waals surface area contributed by atoms with Gasteiger partial charge in [0.05, 0.1) is 11.6 Å². The molecular weight excluding hydrogens is 268 g/mol. The minimum atomic E-state index is -0.105. The van der Waals surface area contributed by atoms with Gasteiger partial charge in [-0.15, -0.1) is 0 Å². The number of fused-ring (bicyclic) bond motifs is 1. The summed E-state index contributed by atoms with van der Waals surface area (Å²) in [7, 11) is 1.96. The smallest absolute Gasteiger partial charge is 0.148 e. The molecule has 110 valence electrons. The van der Waals surface area contributed by atoms with E-state index < -0.39 is 0 Å². The summed E-state index contributed by atoms with van der Waals surface area (Å²) in [5, 5.41) is 0. The number of aromatic nitrogens is 2. The van der Waals surface area contributed by atoms with Crippen LogP contribution in [0.1, 0.15) is 25.6 Å². The van der Waals surface area contributed by atoms with Crippen molar-refractivity contribution in [1.29, 1.82) is 0 Å². The minimum Gasteiger partial charge on any atom is -0.382 e. The molecule has 1 unspecified atom stereocenters. The van der Waals surface area contributed by atoms with Crippen LogP contribution in [0, 0.1) is 0 Å². The van der Waals surface area contributed by atoms with Crippen LogP contribution in [-0.4, -0.2) is 39.8 Å². The van der Waals surface area contributed by atoms with Crippen LogP contribution >= 0.6 is 0 Å². The maximum atomic E-state index is 5.92. The molecule has 0 saturated carbocycles. The number of amidine groups is 2. The molecule has 0 spiro atoms. The van der Waals surface area contributed by atoms with Gasteiger partial charge in [-0.2, -0.15) is 0 Å². The van der Waals surface area contributed by atoms with Crippen LogP contribution in [0.15, 0.2) is 34.2 Å². The Morgan fingerprint density at radius 1 is 1.33 bits per heavy atom. The highest BCUT2D eigenvalue weighted by Crippen LogP contribution is 2.25. The molecule has 3 heterocycles. The largest absolute Gasteiger partial charge is 0.382 e. The van der Waals surface area contributed by atoms with Gasteiger partial charge in [-0.25, -0.2) is 20.4 Å². The van der Waals surface area contributed by atoms with E-state index in [0.717, 1.165) is 22.9 Å². The lowest BCUT2D eigenvalue weighted by Crippen LogP contribution is -2.40. The highest BCUT2D eigenvalue weighted by atomic mass is 15.4. The quantitative estimate of drug-likeness (QED) is 0.717. The van der Waals surface area contributed by atoms with E-state index in [9.17, 15) is 0 Å². The molecule has 4 N–H and O–H groups in total. The van der Waals surface area contributed by atoms with Crippen molar-refractivity contribution < 1.29 is 0 Å². The zero-order valence-corrected chi connectivity index (χ0v) is 12.2. The Morgan fingerprint density at radius 2 is 2.10 bits per heavy atom. The number of hydrogen-bond acceptors (Lipinski definition) is 8. The van der Waals surface area contributed by atoms with E-state index in [1.807, 2.05) is 32.0 Å². The van der Waals surface area contributed by atoms with Crippen molar-refractivity contribution in [3.8, 4) is 0 Å². The van der Waals surface area contributed by atoms with Crippen molar-refractivity contribution in [2.24, 2.45) is 9.98 Å². The van der Waals surface area contributed by atoms with Crippen molar-refractivity contribution in [3.63, 3.8) is 0 Å². The maximum Gasteiger partial charge on any atom is 0.148 e. The molecule has 8 heteroatoms. The van der Waals surface area contributed by atoms with E-state index in [-0.39, 0.29) is 12.2 Å². The Bertz CT molecular complexity index is 647. The Hall–Kier alpha value is -2.48. The van der Waals surface area contributed by atoms with Crippen molar-refractivity contribution in [2.45, 2.75) is 26.1 Å². The molecule has 0 saturated heterocycles. The summed E-state index contributed by atoms with van der Waals surface area (Å²) in [6.45, 7) is 3.90. The maximum absolute atomic E-state index is 5.92. The predicted octanol–water partition coefficient (Wildman–Crippen LogP) is 0.200. The van der Waals surface area contributed by atoms with E-state index in [4.69, 9.17) is 5.73 Å². The fourth-order valence-electron chi connectivity index (χ4n) is 2.41. The van der Waals surface area contributed by atoms with Gasteiger partial charge in [0.15, 0.2) is 0 Å². The fraction of sp³-hybridized carbons (Fsp3) is 0.385. The number of rotatable bonds is 2. The van der Waals surface area contributed by atoms with Gasteiger partial charge in [0.1, 0.15) is 29.3 Å². The number of hydrazine groups is 1. The molecule has 0 fully saturated rings. The first-order valence-corrected chi connectivity index (χ1v) is 6.71. The SMILES string of the molecule is CC1=NC2NNC=C2C(N(C)[C@@H](C)c2nccnc2N)=N1. The molecule has 0 bridgehead atoms. The van der Waals surface area contributed by atoms with Gasteiger partial charge >= 0.3 is 0 Å². The zero-order chi connectivity index (χ0) is 15.0. The Balaban J connectivity index is 1.93. The van der Waals surface area contributed by atoms with Crippen molar-refractivity contribution >= 4 is 17.5 Å². The first-order valence-electron chi connectivity index (χ1n) is 6.71. The molecule has 2 aliphatic rings. The Labute approximate surface area is 122 Å². The number of likely N-dealkylation sites (N-methyl/N-ethyl adjacent to an activating group) is 1. The summed E-state index contributed by atoms with van der Waals surface area (Å²) >= 11 is 0. The van der Waals surface area contributed by atoms with Gasteiger partial charge in [-0.1, -0.05) is 0 Å².